The van der Waals surface area contributed by atoms with Gasteiger partial charge in [-0.05, 0) is 30.5 Å². The van der Waals surface area contributed by atoms with Crippen molar-refractivity contribution in [3.63, 3.8) is 0 Å². The minimum absolute atomic E-state index is 0.0642. The Labute approximate surface area is 178 Å². The molecule has 8 nitrogen and oxygen atoms in total. The van der Waals surface area contributed by atoms with Crippen molar-refractivity contribution in [2.75, 3.05) is 7.11 Å². The predicted octanol–water partition coefficient (Wildman–Crippen LogP) is 3.97. The van der Waals surface area contributed by atoms with Gasteiger partial charge in [0.1, 0.15) is 11.5 Å². The highest BCUT2D eigenvalue weighted by atomic mass is 16.6. The van der Waals surface area contributed by atoms with Crippen LogP contribution in [0, 0.1) is 10.1 Å². The molecule has 1 aliphatic carbocycles. The Bertz CT molecular complexity index is 1090. The molecule has 8 heteroatoms. The second-order valence-electron chi connectivity index (χ2n) is 7.73. The summed E-state index contributed by atoms with van der Waals surface area (Å²) in [6.07, 6.45) is 3.49. The summed E-state index contributed by atoms with van der Waals surface area (Å²) in [6.45, 7) is 0. The van der Waals surface area contributed by atoms with Crippen LogP contribution in [0.5, 0.6) is 5.75 Å². The minimum atomic E-state index is -0.794. The molecule has 1 unspecified atom stereocenters. The number of aliphatic hydroxyl groups is 1. The van der Waals surface area contributed by atoms with Crippen LogP contribution in [0.15, 0.2) is 54.1 Å². The minimum Gasteiger partial charge on any atom is -0.507 e. The lowest BCUT2D eigenvalue weighted by atomic mass is 9.94. The van der Waals surface area contributed by atoms with Crippen molar-refractivity contribution in [3.05, 3.63) is 75.3 Å². The summed E-state index contributed by atoms with van der Waals surface area (Å²) in [4.78, 5) is 38.3. The van der Waals surface area contributed by atoms with Crippen molar-refractivity contribution < 1.29 is 24.4 Å². The third-order valence-corrected chi connectivity index (χ3v) is 5.94. The largest absolute Gasteiger partial charge is 0.507 e. The quantitative estimate of drug-likeness (QED) is 0.257. The summed E-state index contributed by atoms with van der Waals surface area (Å²) in [5.74, 6) is -1.31. The number of ether oxygens (including phenoxy) is 1. The Morgan fingerprint density at radius 3 is 2.52 bits per heavy atom. The fourth-order valence-electron chi connectivity index (χ4n) is 4.47. The third kappa shape index (κ3) is 3.65. The first kappa shape index (κ1) is 20.6. The Balaban J connectivity index is 1.90. The van der Waals surface area contributed by atoms with Gasteiger partial charge in [-0.3, -0.25) is 19.7 Å². The Hall–Kier alpha value is -3.68. The lowest BCUT2D eigenvalue weighted by Gasteiger charge is -2.30. The van der Waals surface area contributed by atoms with Crippen molar-refractivity contribution in [1.29, 1.82) is 0 Å². The van der Waals surface area contributed by atoms with Crippen LogP contribution in [0.1, 0.15) is 42.9 Å². The van der Waals surface area contributed by atoms with Gasteiger partial charge in [-0.25, -0.2) is 0 Å². The molecule has 0 bridgehead atoms. The van der Waals surface area contributed by atoms with E-state index in [9.17, 15) is 24.8 Å². The van der Waals surface area contributed by atoms with Crippen molar-refractivity contribution in [2.45, 2.75) is 37.8 Å². The maximum absolute atomic E-state index is 13.1. The maximum Gasteiger partial charge on any atom is 0.295 e. The van der Waals surface area contributed by atoms with Gasteiger partial charge < -0.3 is 14.7 Å². The van der Waals surface area contributed by atoms with Crippen molar-refractivity contribution in [2.24, 2.45) is 0 Å². The predicted molar refractivity (Wildman–Crippen MR) is 112 cm³/mol. The molecule has 2 fully saturated rings. The molecule has 1 saturated carbocycles. The van der Waals surface area contributed by atoms with Crippen LogP contribution in [0.3, 0.4) is 0 Å². The maximum atomic E-state index is 13.1. The number of nitro groups is 1. The van der Waals surface area contributed by atoms with Crippen LogP contribution in [-0.4, -0.2) is 39.8 Å². The summed E-state index contributed by atoms with van der Waals surface area (Å²) in [7, 11) is 1.52. The lowest BCUT2D eigenvalue weighted by molar-refractivity contribution is -0.384. The number of non-ortho nitro benzene ring substituents is 1. The van der Waals surface area contributed by atoms with Gasteiger partial charge in [0.25, 0.3) is 17.4 Å². The number of nitro benzene ring substituents is 1. The number of hydrogen-bond donors (Lipinski definition) is 1. The first-order valence-electron chi connectivity index (χ1n) is 10.1. The van der Waals surface area contributed by atoms with Crippen molar-refractivity contribution in [1.82, 2.24) is 4.90 Å². The monoisotopic (exact) mass is 422 g/mol. The van der Waals surface area contributed by atoms with E-state index in [0.717, 1.165) is 25.7 Å². The molecule has 1 aliphatic heterocycles. The van der Waals surface area contributed by atoms with Crippen LogP contribution in [0.2, 0.25) is 0 Å². The molecule has 1 N–H and O–H groups in total. The van der Waals surface area contributed by atoms with E-state index in [1.807, 2.05) is 0 Å². The standard InChI is InChI=1S/C23H22N2O6/c1-31-18-11-5-6-14(13-18)20-19(21(26)15-7-4-10-17(12-15)25(29)30)22(27)23(28)24(20)16-8-2-3-9-16/h4-7,10-13,16,20,26H,2-3,8-9H2,1H3/b21-19-. The number of carbonyl (C=O) groups is 2. The number of benzene rings is 2. The normalized spacial score (nSPS) is 20.9. The van der Waals surface area contributed by atoms with Crippen LogP contribution < -0.4 is 4.74 Å². The molecule has 2 aromatic carbocycles. The second kappa shape index (κ2) is 8.22. The average molecular weight is 422 g/mol. The zero-order valence-electron chi connectivity index (χ0n) is 17.0. The van der Waals surface area contributed by atoms with E-state index in [0.29, 0.717) is 11.3 Å². The highest BCUT2D eigenvalue weighted by molar-refractivity contribution is 6.46. The molecule has 0 aromatic heterocycles. The molecule has 31 heavy (non-hydrogen) atoms. The van der Waals surface area contributed by atoms with Crippen LogP contribution >= 0.6 is 0 Å². The van der Waals surface area contributed by atoms with Gasteiger partial charge in [0.05, 0.1) is 23.6 Å². The summed E-state index contributed by atoms with van der Waals surface area (Å²) in [5, 5.41) is 22.2. The first-order valence-corrected chi connectivity index (χ1v) is 10.1. The van der Waals surface area contributed by atoms with E-state index in [1.165, 1.54) is 31.4 Å². The molecule has 2 aliphatic rings. The number of amides is 1. The molecule has 1 amide bonds. The van der Waals surface area contributed by atoms with Gasteiger partial charge in [0, 0.05) is 23.7 Å². The Morgan fingerprint density at radius 1 is 1.13 bits per heavy atom. The van der Waals surface area contributed by atoms with Gasteiger partial charge in [-0.15, -0.1) is 0 Å². The molecule has 1 saturated heterocycles. The number of hydrogen-bond acceptors (Lipinski definition) is 6. The zero-order chi connectivity index (χ0) is 22.1. The summed E-state index contributed by atoms with van der Waals surface area (Å²) in [6, 6.07) is 11.5. The van der Waals surface area contributed by atoms with E-state index in [1.54, 1.807) is 29.2 Å². The number of likely N-dealkylation sites (tertiary alicyclic amines) is 1. The fourth-order valence-corrected chi connectivity index (χ4v) is 4.47. The Kier molecular flexibility index (Phi) is 5.46. The van der Waals surface area contributed by atoms with Gasteiger partial charge in [-0.1, -0.05) is 37.1 Å². The summed E-state index contributed by atoms with van der Waals surface area (Å²) >= 11 is 0. The topological polar surface area (TPSA) is 110 Å². The highest BCUT2D eigenvalue weighted by Gasteiger charge is 2.49. The molecular formula is C23H22N2O6. The number of ketones is 1. The Morgan fingerprint density at radius 2 is 1.84 bits per heavy atom. The van der Waals surface area contributed by atoms with Gasteiger partial charge in [-0.2, -0.15) is 0 Å². The van der Waals surface area contributed by atoms with Crippen LogP contribution in [0.25, 0.3) is 5.76 Å². The van der Waals surface area contributed by atoms with Gasteiger partial charge in [0.2, 0.25) is 0 Å². The molecule has 0 radical (unpaired) electrons. The molecule has 160 valence electrons. The number of rotatable bonds is 5. The van der Waals surface area contributed by atoms with Crippen LogP contribution in [0.4, 0.5) is 5.69 Å². The van der Waals surface area contributed by atoms with Crippen LogP contribution in [-0.2, 0) is 9.59 Å². The van der Waals surface area contributed by atoms with Gasteiger partial charge >= 0.3 is 0 Å². The SMILES string of the molecule is COc1cccc(C2/C(=C(/O)c3cccc([N+](=O)[O-])c3)C(=O)C(=O)N2C2CCCC2)c1. The molecule has 1 heterocycles. The van der Waals surface area contributed by atoms with Crippen molar-refractivity contribution >= 4 is 23.1 Å². The highest BCUT2D eigenvalue weighted by Crippen LogP contribution is 2.44. The third-order valence-electron chi connectivity index (χ3n) is 5.94. The number of methoxy groups -OCH3 is 1. The van der Waals surface area contributed by atoms with E-state index in [2.05, 4.69) is 0 Å². The molecule has 2 aromatic rings. The van der Waals surface area contributed by atoms with E-state index in [4.69, 9.17) is 4.74 Å². The average Bonchev–Trinajstić information content (AvgIpc) is 3.40. The summed E-state index contributed by atoms with van der Waals surface area (Å²) < 4.78 is 5.31. The smallest absolute Gasteiger partial charge is 0.295 e. The van der Waals surface area contributed by atoms with Gasteiger partial charge in [0.15, 0.2) is 0 Å². The summed E-state index contributed by atoms with van der Waals surface area (Å²) in [5.41, 5.74) is 0.474. The van der Waals surface area contributed by atoms with E-state index in [-0.39, 0.29) is 22.9 Å². The number of carbonyl (C=O) groups excluding carboxylic acids is 2. The molecular weight excluding hydrogens is 400 g/mol. The fraction of sp³-hybridized carbons (Fsp3) is 0.304. The number of nitrogens with zero attached hydrogens (tertiary/aromatic N) is 2. The van der Waals surface area contributed by atoms with Crippen molar-refractivity contribution in [3.8, 4) is 5.75 Å². The second-order valence-corrected chi connectivity index (χ2v) is 7.73. The molecule has 1 atom stereocenters. The zero-order valence-corrected chi connectivity index (χ0v) is 17.0. The molecule has 4 rings (SSSR count). The number of aliphatic hydroxyl groups excluding tert-OH is 1. The molecule has 0 spiro atoms. The van der Waals surface area contributed by atoms with E-state index >= 15 is 0 Å². The van der Waals surface area contributed by atoms with E-state index < -0.39 is 28.4 Å². The first-order chi connectivity index (χ1) is 14.9. The number of Topliss-reactive ketones (excluding diaryl/α,β-unsaturated/α-hetero) is 1. The lowest BCUT2D eigenvalue weighted by Crippen LogP contribution is -2.37.